The van der Waals surface area contributed by atoms with Gasteiger partial charge in [-0.15, -0.1) is 0 Å². The predicted molar refractivity (Wildman–Crippen MR) is 43.9 cm³/mol. The molecule has 1 rings (SSSR count). The molecule has 0 aromatic carbocycles. The summed E-state index contributed by atoms with van der Waals surface area (Å²) >= 11 is 0. The van der Waals surface area contributed by atoms with E-state index in [2.05, 4.69) is 10.1 Å². The van der Waals surface area contributed by atoms with Crippen LogP contribution in [0.1, 0.15) is 11.3 Å². The van der Waals surface area contributed by atoms with Crippen molar-refractivity contribution in [3.63, 3.8) is 0 Å². The summed E-state index contributed by atoms with van der Waals surface area (Å²) in [6, 6.07) is 3.59. The van der Waals surface area contributed by atoms with Gasteiger partial charge in [-0.2, -0.15) is 5.10 Å². The summed E-state index contributed by atoms with van der Waals surface area (Å²) < 4.78 is 0. The number of nitrogens with zero attached hydrogens (tertiary/aromatic N) is 2. The fourth-order valence-electron chi connectivity index (χ4n) is 0.779. The normalized spacial score (nSPS) is 11.5. The molecule has 4 heteroatoms. The number of amidine groups is 1. The Morgan fingerprint density at radius 3 is 2.91 bits per heavy atom. The first kappa shape index (κ1) is 7.53. The van der Waals surface area contributed by atoms with Crippen molar-refractivity contribution in [2.75, 3.05) is 0 Å². The number of rotatable bonds is 1. The molecule has 1 aromatic rings. The van der Waals surface area contributed by atoms with E-state index in [9.17, 15) is 0 Å². The minimum atomic E-state index is 0.329. The Labute approximate surface area is 64.9 Å². The number of nitrogens with two attached hydrogens (primary N) is 2. The molecule has 0 radical (unpaired) electrons. The van der Waals surface area contributed by atoms with Crippen molar-refractivity contribution in [1.82, 2.24) is 4.98 Å². The standard InChI is InChI=1S/C7H10N4/c1-5-4-6(2-3-10-5)7(8)11-9/h2-4H,9H2,1H3,(H2,8,11). The maximum absolute atomic E-state index is 5.46. The Kier molecular flexibility index (Phi) is 2.06. The molecule has 0 unspecified atom stereocenters. The summed E-state index contributed by atoms with van der Waals surface area (Å²) in [7, 11) is 0. The average molecular weight is 150 g/mol. The number of hydrazone groups is 1. The Morgan fingerprint density at radius 2 is 2.36 bits per heavy atom. The van der Waals surface area contributed by atoms with Crippen LogP contribution in [0.25, 0.3) is 0 Å². The van der Waals surface area contributed by atoms with Crippen LogP contribution in [0, 0.1) is 6.92 Å². The highest BCUT2D eigenvalue weighted by Gasteiger charge is 1.96. The fraction of sp³-hybridized carbons (Fsp3) is 0.143. The van der Waals surface area contributed by atoms with Gasteiger partial charge in [0.25, 0.3) is 0 Å². The Hall–Kier alpha value is -1.58. The van der Waals surface area contributed by atoms with Crippen molar-refractivity contribution >= 4 is 5.84 Å². The second-order valence-electron chi connectivity index (χ2n) is 2.20. The summed E-state index contributed by atoms with van der Waals surface area (Å²) in [4.78, 5) is 4.01. The Bertz CT molecular complexity index is 280. The van der Waals surface area contributed by atoms with Crippen molar-refractivity contribution in [1.29, 1.82) is 0 Å². The van der Waals surface area contributed by atoms with Gasteiger partial charge in [0.1, 0.15) is 5.84 Å². The van der Waals surface area contributed by atoms with E-state index >= 15 is 0 Å². The molecule has 4 nitrogen and oxygen atoms in total. The van der Waals surface area contributed by atoms with Crippen LogP contribution >= 0.6 is 0 Å². The lowest BCUT2D eigenvalue weighted by atomic mass is 10.2. The van der Waals surface area contributed by atoms with Gasteiger partial charge in [0.15, 0.2) is 0 Å². The van der Waals surface area contributed by atoms with E-state index in [-0.39, 0.29) is 0 Å². The zero-order chi connectivity index (χ0) is 8.27. The zero-order valence-corrected chi connectivity index (χ0v) is 6.28. The van der Waals surface area contributed by atoms with E-state index in [0.29, 0.717) is 5.84 Å². The third-order valence-corrected chi connectivity index (χ3v) is 1.33. The molecular formula is C7H10N4. The molecule has 1 heterocycles. The van der Waals surface area contributed by atoms with Crippen LogP contribution in [-0.2, 0) is 0 Å². The molecule has 0 aliphatic heterocycles. The van der Waals surface area contributed by atoms with Gasteiger partial charge in [0.2, 0.25) is 0 Å². The molecule has 0 amide bonds. The SMILES string of the molecule is Cc1cc(/C(N)=N/N)ccn1. The Balaban J connectivity index is 3.06. The van der Waals surface area contributed by atoms with Crippen LogP contribution in [0.4, 0.5) is 0 Å². The van der Waals surface area contributed by atoms with Gasteiger partial charge in [-0.3, -0.25) is 4.98 Å². The lowest BCUT2D eigenvalue weighted by Crippen LogP contribution is -2.15. The largest absolute Gasteiger partial charge is 0.382 e. The van der Waals surface area contributed by atoms with Crippen LogP contribution in [0.2, 0.25) is 0 Å². The molecule has 0 aliphatic rings. The molecular weight excluding hydrogens is 140 g/mol. The lowest BCUT2D eigenvalue weighted by Gasteiger charge is -1.98. The number of aryl methyl sites for hydroxylation is 1. The molecule has 11 heavy (non-hydrogen) atoms. The van der Waals surface area contributed by atoms with Crippen molar-refractivity contribution in [2.45, 2.75) is 6.92 Å². The van der Waals surface area contributed by atoms with Gasteiger partial charge >= 0.3 is 0 Å². The molecule has 0 saturated carbocycles. The maximum Gasteiger partial charge on any atom is 0.150 e. The highest BCUT2D eigenvalue weighted by Crippen LogP contribution is 1.98. The van der Waals surface area contributed by atoms with Crippen LogP contribution in [0.3, 0.4) is 0 Å². The smallest absolute Gasteiger partial charge is 0.150 e. The molecule has 0 bridgehead atoms. The van der Waals surface area contributed by atoms with Gasteiger partial charge in [-0.25, -0.2) is 0 Å². The van der Waals surface area contributed by atoms with Crippen molar-refractivity contribution in [2.24, 2.45) is 16.7 Å². The number of aromatic nitrogens is 1. The molecule has 4 N–H and O–H groups in total. The molecule has 0 saturated heterocycles. The summed E-state index contributed by atoms with van der Waals surface area (Å²) in [5.41, 5.74) is 7.16. The van der Waals surface area contributed by atoms with E-state index in [1.54, 1.807) is 12.3 Å². The highest BCUT2D eigenvalue weighted by atomic mass is 15.2. The average Bonchev–Trinajstić information content (AvgIpc) is 2.03. The van der Waals surface area contributed by atoms with Crippen LogP contribution in [0.15, 0.2) is 23.4 Å². The van der Waals surface area contributed by atoms with Gasteiger partial charge in [-0.1, -0.05) is 0 Å². The molecule has 0 atom stereocenters. The highest BCUT2D eigenvalue weighted by molar-refractivity contribution is 5.97. The van der Waals surface area contributed by atoms with Crippen molar-refractivity contribution in [3.05, 3.63) is 29.6 Å². The van der Waals surface area contributed by atoms with Crippen LogP contribution < -0.4 is 11.6 Å². The van der Waals surface area contributed by atoms with Crippen molar-refractivity contribution < 1.29 is 0 Å². The molecule has 0 fully saturated rings. The van der Waals surface area contributed by atoms with Crippen LogP contribution in [-0.4, -0.2) is 10.8 Å². The summed E-state index contributed by atoms with van der Waals surface area (Å²) in [6.45, 7) is 1.88. The van der Waals surface area contributed by atoms with E-state index < -0.39 is 0 Å². The van der Waals surface area contributed by atoms with E-state index in [0.717, 1.165) is 11.3 Å². The number of hydrogen-bond acceptors (Lipinski definition) is 3. The van der Waals surface area contributed by atoms with Crippen molar-refractivity contribution in [3.8, 4) is 0 Å². The predicted octanol–water partition coefficient (Wildman–Crippen LogP) is -0.0310. The van der Waals surface area contributed by atoms with Crippen LogP contribution in [0.5, 0.6) is 0 Å². The second kappa shape index (κ2) is 3.01. The topological polar surface area (TPSA) is 77.3 Å². The quantitative estimate of drug-likeness (QED) is 0.255. The number of pyridine rings is 1. The molecule has 0 aliphatic carbocycles. The van der Waals surface area contributed by atoms with E-state index in [4.69, 9.17) is 11.6 Å². The zero-order valence-electron chi connectivity index (χ0n) is 6.28. The third-order valence-electron chi connectivity index (χ3n) is 1.33. The molecule has 0 spiro atoms. The summed E-state index contributed by atoms with van der Waals surface area (Å²) in [5, 5.41) is 3.37. The van der Waals surface area contributed by atoms with E-state index in [1.807, 2.05) is 13.0 Å². The van der Waals surface area contributed by atoms with Gasteiger partial charge < -0.3 is 11.6 Å². The minimum absolute atomic E-state index is 0.329. The Morgan fingerprint density at radius 1 is 1.64 bits per heavy atom. The summed E-state index contributed by atoms with van der Waals surface area (Å²) in [5.74, 6) is 5.33. The first-order valence-corrected chi connectivity index (χ1v) is 3.20. The fourth-order valence-corrected chi connectivity index (χ4v) is 0.779. The maximum atomic E-state index is 5.46. The third kappa shape index (κ3) is 1.67. The number of hydrogen-bond donors (Lipinski definition) is 2. The van der Waals surface area contributed by atoms with Gasteiger partial charge in [0.05, 0.1) is 0 Å². The molecule has 1 aromatic heterocycles. The van der Waals surface area contributed by atoms with Gasteiger partial charge in [-0.05, 0) is 19.1 Å². The lowest BCUT2D eigenvalue weighted by molar-refractivity contribution is 1.18. The summed E-state index contributed by atoms with van der Waals surface area (Å²) in [6.07, 6.45) is 1.67. The van der Waals surface area contributed by atoms with E-state index in [1.165, 1.54) is 0 Å². The minimum Gasteiger partial charge on any atom is -0.382 e. The second-order valence-corrected chi connectivity index (χ2v) is 2.20. The first-order chi connectivity index (χ1) is 5.24. The molecule has 58 valence electrons. The first-order valence-electron chi connectivity index (χ1n) is 3.20. The monoisotopic (exact) mass is 150 g/mol. The van der Waals surface area contributed by atoms with Gasteiger partial charge in [0, 0.05) is 17.5 Å².